The molecule has 3 N–H and O–H groups in total. The molecule has 0 saturated carbocycles. The number of imidazole rings is 1. The molecule has 7 nitrogen and oxygen atoms in total. The number of aliphatic hydroxyl groups is 1. The molecule has 9 heteroatoms. The summed E-state index contributed by atoms with van der Waals surface area (Å²) in [6, 6.07) is 5.27. The van der Waals surface area contributed by atoms with Crippen LogP contribution in [0.15, 0.2) is 29.3 Å². The second-order valence-electron chi connectivity index (χ2n) is 4.85. The third-order valence-corrected chi connectivity index (χ3v) is 4.00. The third-order valence-electron chi connectivity index (χ3n) is 3.26. The summed E-state index contributed by atoms with van der Waals surface area (Å²) >= 11 is 11.8. The summed E-state index contributed by atoms with van der Waals surface area (Å²) in [5.41, 5.74) is 1.20. The molecule has 0 aliphatic heterocycles. The standard InChI is InChI=1S/C14H13Cl2N5O2/c15-9-2-1-8(5-10(9)16)6-17-14-19-12-11(13(23)20-14)18-7-21(12)3-4-22/h1-2,5,7,22H,3-4,6H2,(H2,17,19,20,23). The molecular formula is C14H13Cl2N5O2. The molecule has 2 aromatic heterocycles. The molecule has 3 rings (SSSR count). The highest BCUT2D eigenvalue weighted by molar-refractivity contribution is 6.42. The van der Waals surface area contributed by atoms with Gasteiger partial charge in [0.15, 0.2) is 11.2 Å². The maximum Gasteiger partial charge on any atom is 0.280 e. The van der Waals surface area contributed by atoms with Crippen LogP contribution in [0.1, 0.15) is 5.56 Å². The molecule has 0 aliphatic rings. The molecule has 0 amide bonds. The van der Waals surface area contributed by atoms with Crippen LogP contribution in [0.2, 0.25) is 10.0 Å². The highest BCUT2D eigenvalue weighted by Gasteiger charge is 2.10. The van der Waals surface area contributed by atoms with Crippen molar-refractivity contribution in [2.45, 2.75) is 13.1 Å². The summed E-state index contributed by atoms with van der Waals surface area (Å²) in [5, 5.41) is 13.0. The molecular weight excluding hydrogens is 341 g/mol. The lowest BCUT2D eigenvalue weighted by Crippen LogP contribution is -2.14. The molecule has 120 valence electrons. The van der Waals surface area contributed by atoms with E-state index in [9.17, 15) is 4.79 Å². The Labute approximate surface area is 140 Å². The minimum absolute atomic E-state index is 0.0635. The van der Waals surface area contributed by atoms with Crippen molar-refractivity contribution in [3.8, 4) is 0 Å². The van der Waals surface area contributed by atoms with E-state index in [4.69, 9.17) is 28.3 Å². The van der Waals surface area contributed by atoms with E-state index in [0.717, 1.165) is 5.56 Å². The monoisotopic (exact) mass is 353 g/mol. The minimum atomic E-state index is -0.344. The van der Waals surface area contributed by atoms with Crippen LogP contribution in [0.25, 0.3) is 11.2 Å². The average molecular weight is 354 g/mol. The lowest BCUT2D eigenvalue weighted by molar-refractivity contribution is 0.277. The number of hydrogen-bond acceptors (Lipinski definition) is 5. The first kappa shape index (κ1) is 15.8. The summed E-state index contributed by atoms with van der Waals surface area (Å²) in [6.45, 7) is 0.671. The van der Waals surface area contributed by atoms with Crippen molar-refractivity contribution in [1.29, 1.82) is 0 Å². The second kappa shape index (κ2) is 6.57. The van der Waals surface area contributed by atoms with Crippen LogP contribution < -0.4 is 10.9 Å². The van der Waals surface area contributed by atoms with Crippen LogP contribution in [0.4, 0.5) is 5.95 Å². The topological polar surface area (TPSA) is 95.8 Å². The van der Waals surface area contributed by atoms with Gasteiger partial charge in [-0.2, -0.15) is 4.98 Å². The van der Waals surface area contributed by atoms with Crippen molar-refractivity contribution >= 4 is 40.3 Å². The van der Waals surface area contributed by atoms with Gasteiger partial charge >= 0.3 is 0 Å². The lowest BCUT2D eigenvalue weighted by atomic mass is 10.2. The number of fused-ring (bicyclic) bond motifs is 1. The number of rotatable bonds is 5. The zero-order valence-corrected chi connectivity index (χ0v) is 13.4. The molecule has 0 radical (unpaired) electrons. The third kappa shape index (κ3) is 3.31. The van der Waals surface area contributed by atoms with E-state index in [-0.39, 0.29) is 17.7 Å². The van der Waals surface area contributed by atoms with Crippen molar-refractivity contribution in [2.75, 3.05) is 11.9 Å². The molecule has 0 spiro atoms. The first-order valence-electron chi connectivity index (χ1n) is 6.82. The Kier molecular flexibility index (Phi) is 4.51. The van der Waals surface area contributed by atoms with Crippen LogP contribution in [0.5, 0.6) is 0 Å². The molecule has 2 heterocycles. The highest BCUT2D eigenvalue weighted by atomic mass is 35.5. The van der Waals surface area contributed by atoms with Crippen LogP contribution in [0, 0.1) is 0 Å². The van der Waals surface area contributed by atoms with Gasteiger partial charge in [0.2, 0.25) is 5.95 Å². The number of aliphatic hydroxyl groups excluding tert-OH is 1. The number of halogens is 2. The molecule has 23 heavy (non-hydrogen) atoms. The maximum atomic E-state index is 12.0. The van der Waals surface area contributed by atoms with Gasteiger partial charge in [0.25, 0.3) is 5.56 Å². The van der Waals surface area contributed by atoms with E-state index in [1.807, 2.05) is 6.07 Å². The number of anilines is 1. The van der Waals surface area contributed by atoms with E-state index in [1.54, 1.807) is 16.7 Å². The van der Waals surface area contributed by atoms with E-state index in [2.05, 4.69) is 20.3 Å². The van der Waals surface area contributed by atoms with Crippen molar-refractivity contribution in [3.63, 3.8) is 0 Å². The Bertz CT molecular complexity index is 906. The number of benzene rings is 1. The summed E-state index contributed by atoms with van der Waals surface area (Å²) in [6.07, 6.45) is 1.48. The van der Waals surface area contributed by atoms with Crippen molar-refractivity contribution in [2.24, 2.45) is 0 Å². The van der Waals surface area contributed by atoms with E-state index in [1.165, 1.54) is 6.33 Å². The predicted octanol–water partition coefficient (Wildman–Crippen LogP) is 2.03. The lowest BCUT2D eigenvalue weighted by Gasteiger charge is -2.07. The smallest absolute Gasteiger partial charge is 0.280 e. The predicted molar refractivity (Wildman–Crippen MR) is 89.0 cm³/mol. The zero-order chi connectivity index (χ0) is 16.4. The van der Waals surface area contributed by atoms with Crippen LogP contribution in [-0.2, 0) is 13.1 Å². The van der Waals surface area contributed by atoms with Gasteiger partial charge in [0, 0.05) is 13.1 Å². The number of nitrogens with one attached hydrogen (secondary N) is 2. The van der Waals surface area contributed by atoms with Gasteiger partial charge in [-0.15, -0.1) is 0 Å². The van der Waals surface area contributed by atoms with Crippen molar-refractivity contribution in [3.05, 3.63) is 50.5 Å². The summed E-state index contributed by atoms with van der Waals surface area (Å²) < 4.78 is 1.62. The Morgan fingerprint density at radius 2 is 2.13 bits per heavy atom. The number of H-pyrrole nitrogens is 1. The Balaban J connectivity index is 1.86. The van der Waals surface area contributed by atoms with Gasteiger partial charge < -0.3 is 15.0 Å². The minimum Gasteiger partial charge on any atom is -0.395 e. The largest absolute Gasteiger partial charge is 0.395 e. The molecule has 0 aliphatic carbocycles. The summed E-state index contributed by atoms with van der Waals surface area (Å²) in [5.74, 6) is 0.313. The molecule has 3 aromatic rings. The zero-order valence-electron chi connectivity index (χ0n) is 11.9. The quantitative estimate of drug-likeness (QED) is 0.652. The van der Waals surface area contributed by atoms with Gasteiger partial charge in [-0.25, -0.2) is 4.98 Å². The SMILES string of the molecule is O=c1[nH]c(NCc2ccc(Cl)c(Cl)c2)nc2c1ncn2CCO. The number of aromatic amines is 1. The Hall–Kier alpha value is -2.09. The first-order chi connectivity index (χ1) is 11.1. The fraction of sp³-hybridized carbons (Fsp3) is 0.214. The van der Waals surface area contributed by atoms with Crippen molar-refractivity contribution < 1.29 is 5.11 Å². The fourth-order valence-corrected chi connectivity index (χ4v) is 2.46. The van der Waals surface area contributed by atoms with Gasteiger partial charge in [0.1, 0.15) is 0 Å². The summed E-state index contributed by atoms with van der Waals surface area (Å²) in [7, 11) is 0. The van der Waals surface area contributed by atoms with Gasteiger partial charge in [-0.05, 0) is 17.7 Å². The Morgan fingerprint density at radius 3 is 2.87 bits per heavy atom. The first-order valence-corrected chi connectivity index (χ1v) is 7.58. The summed E-state index contributed by atoms with van der Waals surface area (Å²) in [4.78, 5) is 23.0. The van der Waals surface area contributed by atoms with Gasteiger partial charge in [0.05, 0.1) is 23.0 Å². The van der Waals surface area contributed by atoms with E-state index >= 15 is 0 Å². The average Bonchev–Trinajstić information content (AvgIpc) is 2.93. The van der Waals surface area contributed by atoms with Crippen LogP contribution in [-0.4, -0.2) is 31.2 Å². The normalized spacial score (nSPS) is 11.1. The number of nitrogens with zero attached hydrogens (tertiary/aromatic N) is 3. The fourth-order valence-electron chi connectivity index (χ4n) is 2.14. The second-order valence-corrected chi connectivity index (χ2v) is 5.66. The van der Waals surface area contributed by atoms with Crippen LogP contribution >= 0.6 is 23.2 Å². The molecule has 0 bridgehead atoms. The van der Waals surface area contributed by atoms with E-state index < -0.39 is 0 Å². The van der Waals surface area contributed by atoms with Crippen molar-refractivity contribution in [1.82, 2.24) is 19.5 Å². The molecule has 1 aromatic carbocycles. The molecule has 0 saturated heterocycles. The van der Waals surface area contributed by atoms with E-state index in [0.29, 0.717) is 34.7 Å². The molecule has 0 atom stereocenters. The Morgan fingerprint density at radius 1 is 1.30 bits per heavy atom. The number of aromatic nitrogens is 4. The number of hydrogen-bond donors (Lipinski definition) is 3. The van der Waals surface area contributed by atoms with Gasteiger partial charge in [-0.3, -0.25) is 9.78 Å². The maximum absolute atomic E-state index is 12.0. The molecule has 0 fully saturated rings. The molecule has 0 unspecified atom stereocenters. The van der Waals surface area contributed by atoms with Crippen LogP contribution in [0.3, 0.4) is 0 Å². The van der Waals surface area contributed by atoms with Gasteiger partial charge in [-0.1, -0.05) is 29.3 Å². The highest BCUT2D eigenvalue weighted by Crippen LogP contribution is 2.22.